The van der Waals surface area contributed by atoms with Gasteiger partial charge in [0.2, 0.25) is 0 Å². The van der Waals surface area contributed by atoms with Crippen molar-refractivity contribution in [2.24, 2.45) is 0 Å². The van der Waals surface area contributed by atoms with Gasteiger partial charge in [-0.3, -0.25) is 4.90 Å². The van der Waals surface area contributed by atoms with Crippen LogP contribution in [0.25, 0.3) is 0 Å². The van der Waals surface area contributed by atoms with E-state index in [1.54, 1.807) is 7.11 Å². The van der Waals surface area contributed by atoms with Crippen molar-refractivity contribution in [3.05, 3.63) is 52.6 Å². The van der Waals surface area contributed by atoms with Crippen LogP contribution >= 0.6 is 8.58 Å². The molecular weight excluding hydrogens is 389 g/mol. The summed E-state index contributed by atoms with van der Waals surface area (Å²) < 4.78 is 11.4. The highest BCUT2D eigenvalue weighted by Gasteiger charge is 2.23. The highest BCUT2D eigenvalue weighted by atomic mass is 31.1. The van der Waals surface area contributed by atoms with Gasteiger partial charge in [0.25, 0.3) is 0 Å². The van der Waals surface area contributed by atoms with E-state index in [0.29, 0.717) is 8.58 Å². The van der Waals surface area contributed by atoms with Gasteiger partial charge in [-0.25, -0.2) is 0 Å². The van der Waals surface area contributed by atoms with Crippen LogP contribution in [-0.2, 0) is 16.7 Å². The summed E-state index contributed by atoms with van der Waals surface area (Å²) in [6.07, 6.45) is 4.02. The number of nitrogens with zero attached hydrogens (tertiary/aromatic N) is 1. The molecule has 0 radical (unpaired) electrons. The first-order valence-electron chi connectivity index (χ1n) is 11.1. The fourth-order valence-corrected chi connectivity index (χ4v) is 5.56. The van der Waals surface area contributed by atoms with Crippen molar-refractivity contribution >= 4 is 19.2 Å². The summed E-state index contributed by atoms with van der Waals surface area (Å²) in [4.78, 5) is 2.62. The van der Waals surface area contributed by atoms with E-state index < -0.39 is 0 Å². The van der Waals surface area contributed by atoms with Gasteiger partial charge < -0.3 is 9.47 Å². The van der Waals surface area contributed by atoms with Gasteiger partial charge in [-0.05, 0) is 67.7 Å². The number of hydrogen-bond donors (Lipinski definition) is 0. The Morgan fingerprint density at radius 1 is 0.933 bits per heavy atom. The van der Waals surface area contributed by atoms with Crippen molar-refractivity contribution < 1.29 is 9.47 Å². The molecule has 4 heteroatoms. The maximum atomic E-state index is 6.16. The maximum Gasteiger partial charge on any atom is 0.188 e. The minimum Gasteiger partial charge on any atom is -0.467 e. The topological polar surface area (TPSA) is 21.7 Å². The Bertz CT molecular complexity index is 851. The molecule has 30 heavy (non-hydrogen) atoms. The molecule has 1 aliphatic heterocycles. The van der Waals surface area contributed by atoms with E-state index in [0.717, 1.165) is 12.3 Å². The fraction of sp³-hybridized carbons (Fsp3) is 0.538. The van der Waals surface area contributed by atoms with Gasteiger partial charge in [0.15, 0.2) is 6.79 Å². The number of ether oxygens (including phenoxy) is 2. The van der Waals surface area contributed by atoms with Gasteiger partial charge in [-0.15, -0.1) is 0 Å². The molecule has 0 aromatic heterocycles. The minimum atomic E-state index is 0.0121. The van der Waals surface area contributed by atoms with Crippen LogP contribution in [0.15, 0.2) is 30.3 Å². The van der Waals surface area contributed by atoms with Crippen molar-refractivity contribution in [2.75, 3.05) is 27.0 Å². The fourth-order valence-electron chi connectivity index (χ4n) is 4.18. The first-order chi connectivity index (χ1) is 14.3. The van der Waals surface area contributed by atoms with Crippen molar-refractivity contribution in [3.8, 4) is 5.75 Å². The maximum absolute atomic E-state index is 6.16. The number of aryl methyl sites for hydroxylation is 2. The average molecular weight is 428 g/mol. The highest BCUT2D eigenvalue weighted by Crippen LogP contribution is 2.34. The standard InChI is InChI=1S/C26H38NO2P/c1-19-10-11-23(21(14-19)17-27-12-8-7-9-13-27)30-24-16-20(2)15-22(26(3,4)5)25(24)29-18-28-6/h10-11,14-16,30H,7-9,12-13,17-18H2,1-6H3. The Labute approximate surface area is 184 Å². The monoisotopic (exact) mass is 427 g/mol. The molecule has 3 rings (SSSR count). The Morgan fingerprint density at radius 3 is 2.33 bits per heavy atom. The number of hydrogen-bond acceptors (Lipinski definition) is 3. The van der Waals surface area contributed by atoms with Gasteiger partial charge >= 0.3 is 0 Å². The van der Waals surface area contributed by atoms with Crippen molar-refractivity contribution in [1.82, 2.24) is 4.90 Å². The third kappa shape index (κ3) is 6.06. The highest BCUT2D eigenvalue weighted by molar-refractivity contribution is 7.55. The summed E-state index contributed by atoms with van der Waals surface area (Å²) in [5, 5.41) is 2.71. The molecule has 0 spiro atoms. The molecule has 1 unspecified atom stereocenters. The lowest BCUT2D eigenvalue weighted by atomic mass is 9.85. The van der Waals surface area contributed by atoms with Crippen molar-refractivity contribution in [2.45, 2.75) is 65.8 Å². The zero-order chi connectivity index (χ0) is 21.7. The van der Waals surface area contributed by atoms with Gasteiger partial charge in [-0.2, -0.15) is 0 Å². The normalized spacial score (nSPS) is 15.8. The Kier molecular flexibility index (Phi) is 7.96. The van der Waals surface area contributed by atoms with E-state index in [1.165, 1.54) is 65.2 Å². The van der Waals surface area contributed by atoms with Crippen molar-refractivity contribution in [3.63, 3.8) is 0 Å². The Morgan fingerprint density at radius 2 is 1.67 bits per heavy atom. The molecular formula is C26H38NO2P. The zero-order valence-electron chi connectivity index (χ0n) is 19.6. The van der Waals surface area contributed by atoms with E-state index in [2.05, 4.69) is 69.9 Å². The summed E-state index contributed by atoms with van der Waals surface area (Å²) in [5.41, 5.74) is 5.36. The van der Waals surface area contributed by atoms with E-state index in [1.807, 2.05) is 0 Å². The van der Waals surface area contributed by atoms with Crippen LogP contribution in [-0.4, -0.2) is 31.9 Å². The predicted octanol–water partition coefficient (Wildman–Crippen LogP) is 5.20. The predicted molar refractivity (Wildman–Crippen MR) is 130 cm³/mol. The molecule has 164 valence electrons. The van der Waals surface area contributed by atoms with Crippen molar-refractivity contribution in [1.29, 1.82) is 0 Å². The molecule has 1 fully saturated rings. The molecule has 0 bridgehead atoms. The first-order valence-corrected chi connectivity index (χ1v) is 12.1. The van der Waals surface area contributed by atoms with Crippen LogP contribution in [0.5, 0.6) is 5.75 Å². The molecule has 0 N–H and O–H groups in total. The van der Waals surface area contributed by atoms with Gasteiger partial charge in [0.05, 0.1) is 0 Å². The summed E-state index contributed by atoms with van der Waals surface area (Å²) in [6.45, 7) is 14.9. The van der Waals surface area contributed by atoms with Crippen LogP contribution in [0.4, 0.5) is 0 Å². The third-order valence-electron chi connectivity index (χ3n) is 5.74. The number of likely N-dealkylation sites (tertiary alicyclic amines) is 1. The third-order valence-corrected chi connectivity index (χ3v) is 7.13. The molecule has 1 heterocycles. The van der Waals surface area contributed by atoms with E-state index >= 15 is 0 Å². The van der Waals surface area contributed by atoms with E-state index in [-0.39, 0.29) is 12.2 Å². The summed E-state index contributed by atoms with van der Waals surface area (Å²) >= 11 is 0. The first kappa shape index (κ1) is 23.3. The SMILES string of the molecule is COCOc1c(Pc2ccc(C)cc2CN2CCCCC2)cc(C)cc1C(C)(C)C. The van der Waals surface area contributed by atoms with E-state index in [4.69, 9.17) is 9.47 Å². The van der Waals surface area contributed by atoms with E-state index in [9.17, 15) is 0 Å². The summed E-state index contributed by atoms with van der Waals surface area (Å²) in [5.74, 6) is 0.998. The van der Waals surface area contributed by atoms with Crippen LogP contribution in [0.2, 0.25) is 0 Å². The molecule has 0 aliphatic carbocycles. The molecule has 2 aromatic carbocycles. The number of piperidine rings is 1. The molecule has 1 aliphatic rings. The molecule has 0 amide bonds. The van der Waals surface area contributed by atoms with Crippen LogP contribution < -0.4 is 15.3 Å². The average Bonchev–Trinajstić information content (AvgIpc) is 2.69. The summed E-state index contributed by atoms with van der Waals surface area (Å²) in [6, 6.07) is 11.5. The van der Waals surface area contributed by atoms with Gasteiger partial charge in [-0.1, -0.05) is 65.6 Å². The lowest BCUT2D eigenvalue weighted by Gasteiger charge is -2.28. The molecule has 3 nitrogen and oxygen atoms in total. The number of methoxy groups -OCH3 is 1. The molecule has 0 saturated carbocycles. The van der Waals surface area contributed by atoms with Gasteiger partial charge in [0.1, 0.15) is 5.75 Å². The van der Waals surface area contributed by atoms with Crippen LogP contribution in [0.1, 0.15) is 62.3 Å². The van der Waals surface area contributed by atoms with Crippen LogP contribution in [0.3, 0.4) is 0 Å². The molecule has 1 atom stereocenters. The smallest absolute Gasteiger partial charge is 0.188 e. The lowest BCUT2D eigenvalue weighted by Crippen LogP contribution is -2.31. The molecule has 1 saturated heterocycles. The minimum absolute atomic E-state index is 0.0121. The second-order valence-corrected chi connectivity index (χ2v) is 10.9. The summed E-state index contributed by atoms with van der Waals surface area (Å²) in [7, 11) is 2.25. The second-order valence-electron chi connectivity index (χ2n) is 9.61. The largest absolute Gasteiger partial charge is 0.467 e. The number of rotatable bonds is 7. The number of benzene rings is 2. The van der Waals surface area contributed by atoms with Crippen LogP contribution in [0, 0.1) is 13.8 Å². The Hall–Kier alpha value is -1.41. The van der Waals surface area contributed by atoms with Gasteiger partial charge in [0, 0.05) is 24.5 Å². The Balaban J connectivity index is 1.98. The molecule has 2 aromatic rings. The second kappa shape index (κ2) is 10.3. The quantitative estimate of drug-likeness (QED) is 0.448. The lowest BCUT2D eigenvalue weighted by molar-refractivity contribution is 0.0506. The zero-order valence-corrected chi connectivity index (χ0v) is 20.6.